The summed E-state index contributed by atoms with van der Waals surface area (Å²) in [7, 11) is 0. The van der Waals surface area contributed by atoms with E-state index in [1.165, 1.54) is 11.3 Å². The molecule has 0 spiro atoms. The van der Waals surface area contributed by atoms with Gasteiger partial charge < -0.3 is 9.97 Å². The van der Waals surface area contributed by atoms with Crippen molar-refractivity contribution in [1.29, 1.82) is 0 Å². The number of H-pyrrole nitrogens is 2. The lowest BCUT2D eigenvalue weighted by molar-refractivity contribution is 1.27. The van der Waals surface area contributed by atoms with Gasteiger partial charge in [0.2, 0.25) is 0 Å². The fraction of sp³-hybridized carbons (Fsp3) is 0. The third-order valence-electron chi connectivity index (χ3n) is 2.17. The summed E-state index contributed by atoms with van der Waals surface area (Å²) in [6.07, 6.45) is 0. The molecule has 3 nitrogen and oxygen atoms in total. The summed E-state index contributed by atoms with van der Waals surface area (Å²) in [4.78, 5) is 10.8. The Morgan fingerprint density at radius 2 is 2.07 bits per heavy atom. The summed E-state index contributed by atoms with van der Waals surface area (Å²) in [6.45, 7) is 0. The van der Waals surface area contributed by atoms with Crippen LogP contribution in [0.4, 0.5) is 0 Å². The van der Waals surface area contributed by atoms with Gasteiger partial charge in [-0.15, -0.1) is 11.3 Å². The zero-order valence-electron chi connectivity index (χ0n) is 7.65. The minimum Gasteiger partial charge on any atom is -0.337 e. The Morgan fingerprint density at radius 1 is 1.20 bits per heavy atom. The number of aromatic nitrogens is 3. The van der Waals surface area contributed by atoms with Gasteiger partial charge in [-0.05, 0) is 24.4 Å². The number of para-hydroxylation sites is 2. The molecule has 15 heavy (non-hydrogen) atoms. The predicted octanol–water partition coefficient (Wildman–Crippen LogP) is 3.35. The smallest absolute Gasteiger partial charge is 0.158 e. The number of nitrogens with one attached hydrogen (secondary N) is 2. The molecule has 0 aliphatic heterocycles. The Balaban J connectivity index is 2.24. The van der Waals surface area contributed by atoms with E-state index in [4.69, 9.17) is 12.2 Å². The highest BCUT2D eigenvalue weighted by Crippen LogP contribution is 2.20. The van der Waals surface area contributed by atoms with Crippen molar-refractivity contribution >= 4 is 34.6 Å². The van der Waals surface area contributed by atoms with Gasteiger partial charge in [0.1, 0.15) is 0 Å². The molecule has 0 radical (unpaired) electrons. The summed E-state index contributed by atoms with van der Waals surface area (Å²) in [5.41, 5.74) is 2.96. The Labute approximate surface area is 94.8 Å². The average Bonchev–Trinajstić information content (AvgIpc) is 2.82. The van der Waals surface area contributed by atoms with Crippen LogP contribution in [-0.2, 0) is 0 Å². The van der Waals surface area contributed by atoms with E-state index in [0.717, 1.165) is 26.5 Å². The molecule has 2 heterocycles. The molecule has 0 aliphatic carbocycles. The summed E-state index contributed by atoms with van der Waals surface area (Å²) in [5, 5.41) is 1.97. The van der Waals surface area contributed by atoms with Crippen molar-refractivity contribution in [2.45, 2.75) is 0 Å². The first-order chi connectivity index (χ1) is 7.33. The van der Waals surface area contributed by atoms with E-state index in [-0.39, 0.29) is 0 Å². The molecule has 0 amide bonds. The van der Waals surface area contributed by atoms with E-state index in [0.29, 0.717) is 0 Å². The van der Waals surface area contributed by atoms with Gasteiger partial charge in [-0.3, -0.25) is 0 Å². The first kappa shape index (κ1) is 8.82. The van der Waals surface area contributed by atoms with Gasteiger partial charge in [0.05, 0.1) is 16.7 Å². The van der Waals surface area contributed by atoms with Crippen molar-refractivity contribution in [2.75, 3.05) is 0 Å². The number of fused-ring (bicyclic) bond motifs is 1. The van der Waals surface area contributed by atoms with Crippen molar-refractivity contribution in [3.05, 3.63) is 33.6 Å². The number of benzene rings is 1. The summed E-state index contributed by atoms with van der Waals surface area (Å²) in [5.74, 6) is 0.837. The molecule has 0 bridgehead atoms. The van der Waals surface area contributed by atoms with Crippen LogP contribution in [0.15, 0.2) is 29.6 Å². The standard InChI is InChI=1S/C10H7N3S2/c14-10-13-8(5-15-10)9-11-6-3-1-2-4-7(6)12-9/h1-5H,(H,11,12)(H,13,14). The zero-order valence-corrected chi connectivity index (χ0v) is 9.28. The average molecular weight is 233 g/mol. The molecule has 0 fully saturated rings. The van der Waals surface area contributed by atoms with Crippen LogP contribution < -0.4 is 0 Å². The second-order valence-electron chi connectivity index (χ2n) is 3.16. The maximum atomic E-state index is 5.03. The number of imidazole rings is 1. The molecule has 0 unspecified atom stereocenters. The second kappa shape index (κ2) is 3.29. The SMILES string of the molecule is S=c1[nH]c(-c2nc3ccccc3[nH]2)cs1. The van der Waals surface area contributed by atoms with Gasteiger partial charge in [-0.2, -0.15) is 0 Å². The molecular weight excluding hydrogens is 226 g/mol. The Morgan fingerprint density at radius 3 is 2.80 bits per heavy atom. The molecule has 1 aromatic carbocycles. The van der Waals surface area contributed by atoms with Gasteiger partial charge in [-0.1, -0.05) is 12.1 Å². The van der Waals surface area contributed by atoms with Crippen molar-refractivity contribution in [3.63, 3.8) is 0 Å². The first-order valence-electron chi connectivity index (χ1n) is 4.46. The van der Waals surface area contributed by atoms with Crippen molar-refractivity contribution < 1.29 is 0 Å². The highest BCUT2D eigenvalue weighted by molar-refractivity contribution is 7.73. The molecule has 2 N–H and O–H groups in total. The maximum absolute atomic E-state index is 5.03. The lowest BCUT2D eigenvalue weighted by Crippen LogP contribution is -1.78. The predicted molar refractivity (Wildman–Crippen MR) is 64.6 cm³/mol. The van der Waals surface area contributed by atoms with Crippen LogP contribution in [0, 0.1) is 3.95 Å². The van der Waals surface area contributed by atoms with Gasteiger partial charge in [0.15, 0.2) is 9.78 Å². The van der Waals surface area contributed by atoms with Gasteiger partial charge in [-0.25, -0.2) is 4.98 Å². The number of nitrogens with zero attached hydrogens (tertiary/aromatic N) is 1. The normalized spacial score (nSPS) is 10.9. The molecular formula is C10H7N3S2. The van der Waals surface area contributed by atoms with E-state index in [9.17, 15) is 0 Å². The van der Waals surface area contributed by atoms with Gasteiger partial charge >= 0.3 is 0 Å². The molecule has 3 rings (SSSR count). The van der Waals surface area contributed by atoms with Crippen LogP contribution in [0.3, 0.4) is 0 Å². The van der Waals surface area contributed by atoms with Crippen LogP contribution in [0.25, 0.3) is 22.6 Å². The number of hydrogen-bond acceptors (Lipinski definition) is 3. The Bertz CT molecular complexity index is 629. The van der Waals surface area contributed by atoms with E-state index in [1.54, 1.807) is 0 Å². The summed E-state index contributed by atoms with van der Waals surface area (Å²) in [6, 6.07) is 7.95. The minimum atomic E-state index is 0.769. The first-order valence-corrected chi connectivity index (χ1v) is 5.75. The Hall–Kier alpha value is -1.46. The van der Waals surface area contributed by atoms with Crippen molar-refractivity contribution in [2.24, 2.45) is 0 Å². The molecule has 5 heteroatoms. The Kier molecular flexibility index (Phi) is 1.93. The van der Waals surface area contributed by atoms with Crippen LogP contribution in [0.5, 0.6) is 0 Å². The summed E-state index contributed by atoms with van der Waals surface area (Å²) >= 11 is 6.54. The highest BCUT2D eigenvalue weighted by Gasteiger charge is 2.05. The van der Waals surface area contributed by atoms with E-state index < -0.39 is 0 Å². The molecule has 0 saturated heterocycles. The molecule has 2 aromatic heterocycles. The lowest BCUT2D eigenvalue weighted by Gasteiger charge is -1.86. The van der Waals surface area contributed by atoms with Gasteiger partial charge in [0, 0.05) is 5.38 Å². The van der Waals surface area contributed by atoms with Gasteiger partial charge in [0.25, 0.3) is 0 Å². The maximum Gasteiger partial charge on any atom is 0.158 e. The highest BCUT2D eigenvalue weighted by atomic mass is 32.1. The number of rotatable bonds is 1. The van der Waals surface area contributed by atoms with Crippen LogP contribution in [0.2, 0.25) is 0 Å². The fourth-order valence-electron chi connectivity index (χ4n) is 1.48. The second-order valence-corrected chi connectivity index (χ2v) is 4.71. The number of thiazole rings is 1. The molecule has 3 aromatic rings. The summed E-state index contributed by atoms with van der Waals surface area (Å²) < 4.78 is 0.769. The number of hydrogen-bond donors (Lipinski definition) is 2. The van der Waals surface area contributed by atoms with Crippen LogP contribution in [0.1, 0.15) is 0 Å². The van der Waals surface area contributed by atoms with Crippen LogP contribution in [-0.4, -0.2) is 15.0 Å². The molecule has 0 saturated carbocycles. The fourth-order valence-corrected chi connectivity index (χ4v) is 2.30. The van der Waals surface area contributed by atoms with E-state index in [2.05, 4.69) is 15.0 Å². The van der Waals surface area contributed by atoms with E-state index in [1.807, 2.05) is 29.6 Å². The number of aromatic amines is 2. The molecule has 0 aliphatic rings. The topological polar surface area (TPSA) is 44.5 Å². The van der Waals surface area contributed by atoms with Crippen LogP contribution >= 0.6 is 23.6 Å². The lowest BCUT2D eigenvalue weighted by atomic mass is 10.3. The van der Waals surface area contributed by atoms with Crippen molar-refractivity contribution in [3.8, 4) is 11.5 Å². The van der Waals surface area contributed by atoms with Crippen molar-refractivity contribution in [1.82, 2.24) is 15.0 Å². The zero-order chi connectivity index (χ0) is 10.3. The monoisotopic (exact) mass is 233 g/mol. The largest absolute Gasteiger partial charge is 0.337 e. The third kappa shape index (κ3) is 1.49. The molecule has 0 atom stereocenters. The quantitative estimate of drug-likeness (QED) is 0.633. The molecule has 74 valence electrons. The third-order valence-corrected chi connectivity index (χ3v) is 3.23. The minimum absolute atomic E-state index is 0.769. The van der Waals surface area contributed by atoms with E-state index >= 15 is 0 Å².